The summed E-state index contributed by atoms with van der Waals surface area (Å²) < 4.78 is 2.18. The Balaban J connectivity index is 2.14. The van der Waals surface area contributed by atoms with Gasteiger partial charge in [-0.15, -0.1) is 0 Å². The minimum absolute atomic E-state index is 0.00359. The number of carboxylic acid groups (broad SMARTS) is 1. The van der Waals surface area contributed by atoms with Gasteiger partial charge in [0.25, 0.3) is 0 Å². The van der Waals surface area contributed by atoms with E-state index in [2.05, 4.69) is 21.5 Å². The van der Waals surface area contributed by atoms with Crippen molar-refractivity contribution in [2.75, 3.05) is 5.75 Å². The van der Waals surface area contributed by atoms with Crippen LogP contribution in [-0.2, 0) is 10.3 Å². The van der Waals surface area contributed by atoms with Crippen LogP contribution < -0.4 is 0 Å². The van der Waals surface area contributed by atoms with Crippen molar-refractivity contribution in [3.63, 3.8) is 0 Å². The number of aryl methyl sites for hydroxylation is 1. The van der Waals surface area contributed by atoms with Crippen LogP contribution in [0.2, 0.25) is 0 Å². The predicted molar refractivity (Wildman–Crippen MR) is 82.7 cm³/mol. The second-order valence-electron chi connectivity index (χ2n) is 5.91. The number of hydrogen-bond acceptors (Lipinski definition) is 4. The Hall–Kier alpha value is -1.56. The van der Waals surface area contributed by atoms with Gasteiger partial charge in [0.1, 0.15) is 5.52 Å². The summed E-state index contributed by atoms with van der Waals surface area (Å²) in [6.07, 6.45) is 4.58. The molecule has 21 heavy (non-hydrogen) atoms. The van der Waals surface area contributed by atoms with Gasteiger partial charge in [0.15, 0.2) is 10.8 Å². The topological polar surface area (TPSA) is 68.0 Å². The number of thioether (sulfide) groups is 1. The number of imidazole rings is 1. The van der Waals surface area contributed by atoms with E-state index in [4.69, 9.17) is 5.11 Å². The fourth-order valence-electron chi connectivity index (χ4n) is 3.10. The van der Waals surface area contributed by atoms with Gasteiger partial charge in [-0.05, 0) is 38.8 Å². The van der Waals surface area contributed by atoms with Crippen molar-refractivity contribution < 1.29 is 9.90 Å². The molecule has 5 nitrogen and oxygen atoms in total. The summed E-state index contributed by atoms with van der Waals surface area (Å²) in [7, 11) is 0. The first kappa shape index (κ1) is 14.4. The van der Waals surface area contributed by atoms with Gasteiger partial charge < -0.3 is 5.11 Å². The summed E-state index contributed by atoms with van der Waals surface area (Å²) >= 11 is 1.28. The molecular weight excluding hydrogens is 286 g/mol. The summed E-state index contributed by atoms with van der Waals surface area (Å²) in [5.74, 6) is -0.794. The normalized spacial score (nSPS) is 17.4. The van der Waals surface area contributed by atoms with Crippen molar-refractivity contribution in [2.45, 2.75) is 50.2 Å². The highest BCUT2D eigenvalue weighted by atomic mass is 32.2. The number of hydrogen-bond donors (Lipinski definition) is 1. The minimum atomic E-state index is -0.820. The largest absolute Gasteiger partial charge is 0.481 e. The van der Waals surface area contributed by atoms with Gasteiger partial charge in [0.2, 0.25) is 0 Å². The molecular formula is C15H19N3O2S. The second-order valence-corrected chi connectivity index (χ2v) is 6.85. The van der Waals surface area contributed by atoms with Crippen molar-refractivity contribution in [3.05, 3.63) is 17.8 Å². The zero-order valence-corrected chi connectivity index (χ0v) is 13.1. The predicted octanol–water partition coefficient (Wildman–Crippen LogP) is 3.21. The summed E-state index contributed by atoms with van der Waals surface area (Å²) in [4.78, 5) is 20.1. The van der Waals surface area contributed by atoms with E-state index in [1.165, 1.54) is 24.6 Å². The first-order valence-electron chi connectivity index (χ1n) is 7.21. The number of carboxylic acids is 1. The summed E-state index contributed by atoms with van der Waals surface area (Å²) in [6, 6.07) is 3.92. The van der Waals surface area contributed by atoms with Crippen LogP contribution in [0.5, 0.6) is 0 Å². The molecule has 0 aromatic carbocycles. The van der Waals surface area contributed by atoms with E-state index in [9.17, 15) is 4.79 Å². The van der Waals surface area contributed by atoms with Crippen LogP contribution >= 0.6 is 11.8 Å². The van der Waals surface area contributed by atoms with Crippen LogP contribution in [0, 0.1) is 6.92 Å². The quantitative estimate of drug-likeness (QED) is 0.879. The Morgan fingerprint density at radius 1 is 1.38 bits per heavy atom. The standard InChI is InChI=1S/C15H19N3O2S/c1-10-5-6-11-13(16-10)18(15(2)7-3-4-8-15)14(17-11)21-9-12(19)20/h5-6H,3-4,7-9H2,1-2H3,(H,19,20). The summed E-state index contributed by atoms with van der Waals surface area (Å²) in [5, 5.41) is 9.71. The summed E-state index contributed by atoms with van der Waals surface area (Å²) in [5.41, 5.74) is 2.69. The van der Waals surface area contributed by atoms with Gasteiger partial charge in [-0.25, -0.2) is 9.97 Å². The van der Waals surface area contributed by atoms with Crippen molar-refractivity contribution in [1.82, 2.24) is 14.5 Å². The molecule has 1 aliphatic carbocycles. The Morgan fingerprint density at radius 2 is 2.10 bits per heavy atom. The van der Waals surface area contributed by atoms with Gasteiger partial charge in [-0.2, -0.15) is 0 Å². The van der Waals surface area contributed by atoms with Crippen molar-refractivity contribution in [2.24, 2.45) is 0 Å². The SMILES string of the molecule is Cc1ccc2nc(SCC(=O)O)n(C3(C)CCCC3)c2n1. The molecule has 1 aliphatic rings. The van der Waals surface area contributed by atoms with Crippen LogP contribution in [0.1, 0.15) is 38.3 Å². The molecule has 0 bridgehead atoms. The molecule has 2 aromatic rings. The fraction of sp³-hybridized carbons (Fsp3) is 0.533. The third-order valence-electron chi connectivity index (χ3n) is 4.16. The smallest absolute Gasteiger partial charge is 0.313 e. The molecule has 112 valence electrons. The number of nitrogens with zero attached hydrogens (tertiary/aromatic N) is 3. The number of fused-ring (bicyclic) bond motifs is 1. The average Bonchev–Trinajstić information content (AvgIpc) is 3.00. The average molecular weight is 305 g/mol. The molecule has 0 unspecified atom stereocenters. The maximum Gasteiger partial charge on any atom is 0.313 e. The summed E-state index contributed by atoms with van der Waals surface area (Å²) in [6.45, 7) is 4.20. The second kappa shape index (κ2) is 5.33. The lowest BCUT2D eigenvalue weighted by molar-refractivity contribution is -0.133. The molecule has 0 aliphatic heterocycles. The Kier molecular flexibility index (Phi) is 3.65. The Morgan fingerprint density at radius 3 is 2.76 bits per heavy atom. The maximum absolute atomic E-state index is 10.9. The van der Waals surface area contributed by atoms with Gasteiger partial charge in [0, 0.05) is 11.2 Å². The number of carbonyl (C=O) groups is 1. The molecule has 0 spiro atoms. The van der Waals surface area contributed by atoms with E-state index >= 15 is 0 Å². The van der Waals surface area contributed by atoms with Crippen molar-refractivity contribution >= 4 is 28.9 Å². The van der Waals surface area contributed by atoms with Gasteiger partial charge >= 0.3 is 5.97 Å². The number of aliphatic carboxylic acids is 1. The maximum atomic E-state index is 10.9. The van der Waals surface area contributed by atoms with Crippen LogP contribution in [0.25, 0.3) is 11.2 Å². The first-order chi connectivity index (χ1) is 9.99. The molecule has 0 atom stereocenters. The monoisotopic (exact) mass is 305 g/mol. The Bertz CT molecular complexity index is 690. The number of aromatic nitrogens is 3. The zero-order chi connectivity index (χ0) is 15.0. The van der Waals surface area contributed by atoms with Crippen molar-refractivity contribution in [3.8, 4) is 0 Å². The zero-order valence-electron chi connectivity index (χ0n) is 12.3. The van der Waals surface area contributed by atoms with E-state index in [0.29, 0.717) is 0 Å². The fourth-order valence-corrected chi connectivity index (χ4v) is 3.95. The molecule has 0 saturated heterocycles. The van der Waals surface area contributed by atoms with Crippen LogP contribution in [0.15, 0.2) is 17.3 Å². The van der Waals surface area contributed by atoms with E-state index in [0.717, 1.165) is 34.9 Å². The van der Waals surface area contributed by atoms with Crippen LogP contribution in [0.3, 0.4) is 0 Å². The van der Waals surface area contributed by atoms with Gasteiger partial charge in [-0.3, -0.25) is 9.36 Å². The highest BCUT2D eigenvalue weighted by Gasteiger charge is 2.34. The molecule has 0 amide bonds. The number of rotatable bonds is 4. The highest BCUT2D eigenvalue weighted by molar-refractivity contribution is 7.99. The van der Waals surface area contributed by atoms with Crippen LogP contribution in [-0.4, -0.2) is 31.4 Å². The van der Waals surface area contributed by atoms with E-state index in [1.807, 2.05) is 19.1 Å². The molecule has 0 radical (unpaired) electrons. The third-order valence-corrected chi connectivity index (χ3v) is 5.08. The number of pyridine rings is 1. The van der Waals surface area contributed by atoms with Crippen molar-refractivity contribution in [1.29, 1.82) is 0 Å². The lowest BCUT2D eigenvalue weighted by Gasteiger charge is -2.27. The first-order valence-corrected chi connectivity index (χ1v) is 8.19. The van der Waals surface area contributed by atoms with Gasteiger partial charge in [0.05, 0.1) is 5.75 Å². The molecule has 6 heteroatoms. The molecule has 2 heterocycles. The van der Waals surface area contributed by atoms with E-state index in [-0.39, 0.29) is 11.3 Å². The Labute approximate surface area is 127 Å². The van der Waals surface area contributed by atoms with E-state index in [1.54, 1.807) is 0 Å². The molecule has 3 rings (SSSR count). The third kappa shape index (κ3) is 2.64. The van der Waals surface area contributed by atoms with Gasteiger partial charge in [-0.1, -0.05) is 24.6 Å². The lowest BCUT2D eigenvalue weighted by atomic mass is 10.0. The van der Waals surface area contributed by atoms with E-state index < -0.39 is 5.97 Å². The lowest BCUT2D eigenvalue weighted by Crippen LogP contribution is -2.27. The molecule has 1 fully saturated rings. The molecule has 1 saturated carbocycles. The highest BCUT2D eigenvalue weighted by Crippen LogP contribution is 2.41. The molecule has 2 aromatic heterocycles. The van der Waals surface area contributed by atoms with Crippen LogP contribution in [0.4, 0.5) is 0 Å². The molecule has 1 N–H and O–H groups in total. The minimum Gasteiger partial charge on any atom is -0.481 e.